The smallest absolute Gasteiger partial charge is 0.410 e. The van der Waals surface area contributed by atoms with E-state index in [4.69, 9.17) is 4.74 Å². The lowest BCUT2D eigenvalue weighted by Gasteiger charge is -2.24. The zero-order valence-electron chi connectivity index (χ0n) is 19.6. The number of hydrogen-bond acceptors (Lipinski definition) is 3. The molecule has 2 unspecified atom stereocenters. The zero-order chi connectivity index (χ0) is 24.3. The van der Waals surface area contributed by atoms with Gasteiger partial charge < -0.3 is 15.0 Å². The van der Waals surface area contributed by atoms with Crippen molar-refractivity contribution < 1.29 is 18.7 Å². The van der Waals surface area contributed by atoms with Gasteiger partial charge >= 0.3 is 6.09 Å². The Labute approximate surface area is 199 Å². The molecule has 1 aliphatic heterocycles. The molecule has 0 bridgehead atoms. The van der Waals surface area contributed by atoms with E-state index in [2.05, 4.69) is 5.32 Å². The Balaban J connectivity index is 1.56. The van der Waals surface area contributed by atoms with Crippen molar-refractivity contribution in [3.05, 3.63) is 90.2 Å². The quantitative estimate of drug-likeness (QED) is 0.513. The van der Waals surface area contributed by atoms with E-state index < -0.39 is 17.6 Å². The molecular formula is C28H29FN2O3. The third-order valence-corrected chi connectivity index (χ3v) is 5.84. The van der Waals surface area contributed by atoms with Crippen LogP contribution in [0.1, 0.15) is 32.3 Å². The first-order valence-electron chi connectivity index (χ1n) is 11.4. The second-order valence-corrected chi connectivity index (χ2v) is 9.59. The highest BCUT2D eigenvalue weighted by Gasteiger charge is 2.41. The van der Waals surface area contributed by atoms with E-state index >= 15 is 0 Å². The molecule has 0 aliphatic carbocycles. The summed E-state index contributed by atoms with van der Waals surface area (Å²) in [5, 5.41) is 3.02. The molecule has 6 heteroatoms. The summed E-state index contributed by atoms with van der Waals surface area (Å²) in [7, 11) is 0. The highest BCUT2D eigenvalue weighted by Crippen LogP contribution is 2.35. The molecule has 2 atom stereocenters. The molecular weight excluding hydrogens is 431 g/mol. The summed E-state index contributed by atoms with van der Waals surface area (Å²) in [6.45, 7) is 5.97. The monoisotopic (exact) mass is 460 g/mol. The molecule has 1 heterocycles. The molecule has 3 aromatic rings. The topological polar surface area (TPSA) is 58.6 Å². The van der Waals surface area contributed by atoms with Crippen molar-refractivity contribution in [2.75, 3.05) is 18.4 Å². The molecule has 3 aromatic carbocycles. The number of hydrogen-bond donors (Lipinski definition) is 1. The Morgan fingerprint density at radius 1 is 0.912 bits per heavy atom. The molecule has 0 aromatic heterocycles. The number of anilines is 1. The van der Waals surface area contributed by atoms with Crippen molar-refractivity contribution in [1.82, 2.24) is 4.90 Å². The van der Waals surface area contributed by atoms with E-state index in [1.807, 2.05) is 75.4 Å². The maximum Gasteiger partial charge on any atom is 0.410 e. The molecule has 1 N–H and O–H groups in total. The maximum atomic E-state index is 13.5. The number of rotatable bonds is 4. The van der Waals surface area contributed by atoms with E-state index in [-0.39, 0.29) is 24.2 Å². The van der Waals surface area contributed by atoms with Crippen LogP contribution in [-0.4, -0.2) is 35.6 Å². The van der Waals surface area contributed by atoms with Crippen molar-refractivity contribution in [2.24, 2.45) is 5.92 Å². The van der Waals surface area contributed by atoms with Gasteiger partial charge in [-0.3, -0.25) is 4.79 Å². The zero-order valence-corrected chi connectivity index (χ0v) is 19.6. The van der Waals surface area contributed by atoms with Gasteiger partial charge in [0.25, 0.3) is 0 Å². The second kappa shape index (κ2) is 9.67. The minimum absolute atomic E-state index is 0.189. The number of amides is 2. The van der Waals surface area contributed by atoms with Crippen molar-refractivity contribution in [3.8, 4) is 11.1 Å². The van der Waals surface area contributed by atoms with Crippen LogP contribution in [0.25, 0.3) is 11.1 Å². The first kappa shape index (κ1) is 23.5. The van der Waals surface area contributed by atoms with Crippen molar-refractivity contribution in [1.29, 1.82) is 0 Å². The van der Waals surface area contributed by atoms with Gasteiger partial charge in [0.15, 0.2) is 0 Å². The van der Waals surface area contributed by atoms with E-state index in [0.717, 1.165) is 16.7 Å². The van der Waals surface area contributed by atoms with Crippen LogP contribution < -0.4 is 5.32 Å². The molecule has 0 saturated carbocycles. The molecule has 0 radical (unpaired) electrons. The number of ether oxygens (including phenoxy) is 1. The van der Waals surface area contributed by atoms with E-state index in [1.54, 1.807) is 17.0 Å². The minimum atomic E-state index is -0.638. The Bertz CT molecular complexity index is 1160. The Morgan fingerprint density at radius 3 is 2.26 bits per heavy atom. The van der Waals surface area contributed by atoms with Crippen LogP contribution in [0.15, 0.2) is 78.9 Å². The number of nitrogens with one attached hydrogen (secondary N) is 1. The van der Waals surface area contributed by atoms with Crippen LogP contribution in [-0.2, 0) is 9.53 Å². The fourth-order valence-electron chi connectivity index (χ4n) is 4.23. The van der Waals surface area contributed by atoms with Gasteiger partial charge in [0.05, 0.1) is 5.92 Å². The summed E-state index contributed by atoms with van der Waals surface area (Å²) in [6, 6.07) is 23.7. The first-order chi connectivity index (χ1) is 16.2. The number of likely N-dealkylation sites (tertiary alicyclic amines) is 1. The standard InChI is InChI=1S/C28H29FN2O3/c1-28(2,3)34-27(33)31-17-24(20-12-14-22(29)15-13-20)25(18-31)26(32)30-23-11-7-10-21(16-23)19-8-5-4-6-9-19/h4-16,24-25H,17-18H2,1-3H3,(H,30,32). The van der Waals surface area contributed by atoms with E-state index in [9.17, 15) is 14.0 Å². The minimum Gasteiger partial charge on any atom is -0.444 e. The molecule has 34 heavy (non-hydrogen) atoms. The van der Waals surface area contributed by atoms with E-state index in [0.29, 0.717) is 12.2 Å². The first-order valence-corrected chi connectivity index (χ1v) is 11.4. The van der Waals surface area contributed by atoms with Gasteiger partial charge in [0.1, 0.15) is 11.4 Å². The molecule has 2 amide bonds. The fourth-order valence-corrected chi connectivity index (χ4v) is 4.23. The average Bonchev–Trinajstić information content (AvgIpc) is 3.25. The van der Waals surface area contributed by atoms with Crippen molar-refractivity contribution in [2.45, 2.75) is 32.3 Å². The lowest BCUT2D eigenvalue weighted by atomic mass is 9.88. The predicted octanol–water partition coefficient (Wildman–Crippen LogP) is 6.08. The Hall–Kier alpha value is -3.67. The molecule has 1 fully saturated rings. The molecule has 1 aliphatic rings. The van der Waals surface area contributed by atoms with Gasteiger partial charge in [0.2, 0.25) is 5.91 Å². The van der Waals surface area contributed by atoms with Crippen LogP contribution in [0, 0.1) is 11.7 Å². The lowest BCUT2D eigenvalue weighted by molar-refractivity contribution is -0.119. The Morgan fingerprint density at radius 2 is 1.59 bits per heavy atom. The normalized spacial score (nSPS) is 17.9. The predicted molar refractivity (Wildman–Crippen MR) is 131 cm³/mol. The van der Waals surface area contributed by atoms with Crippen LogP contribution in [0.3, 0.4) is 0 Å². The maximum absolute atomic E-state index is 13.5. The number of nitrogens with zero attached hydrogens (tertiary/aromatic N) is 1. The molecule has 1 saturated heterocycles. The number of benzene rings is 3. The SMILES string of the molecule is CC(C)(C)OC(=O)N1CC(C(=O)Nc2cccc(-c3ccccc3)c2)C(c2ccc(F)cc2)C1. The molecule has 176 valence electrons. The van der Waals surface area contributed by atoms with Gasteiger partial charge in [-0.05, 0) is 61.7 Å². The summed E-state index contributed by atoms with van der Waals surface area (Å²) < 4.78 is 19.1. The van der Waals surface area contributed by atoms with Crippen LogP contribution >= 0.6 is 0 Å². The summed E-state index contributed by atoms with van der Waals surface area (Å²) in [5.74, 6) is -1.31. The third-order valence-electron chi connectivity index (χ3n) is 5.84. The van der Waals surface area contributed by atoms with Crippen LogP contribution in [0.5, 0.6) is 0 Å². The number of carbonyl (C=O) groups excluding carboxylic acids is 2. The molecule has 0 spiro atoms. The fraction of sp³-hybridized carbons (Fsp3) is 0.286. The summed E-state index contributed by atoms with van der Waals surface area (Å²) in [6.07, 6.45) is -0.457. The largest absolute Gasteiger partial charge is 0.444 e. The lowest BCUT2D eigenvalue weighted by Crippen LogP contribution is -2.36. The van der Waals surface area contributed by atoms with E-state index in [1.165, 1.54) is 12.1 Å². The second-order valence-electron chi connectivity index (χ2n) is 9.59. The summed E-state index contributed by atoms with van der Waals surface area (Å²) in [5.41, 5.74) is 2.90. The highest BCUT2D eigenvalue weighted by molar-refractivity contribution is 5.94. The highest BCUT2D eigenvalue weighted by atomic mass is 19.1. The van der Waals surface area contributed by atoms with Gasteiger partial charge in [-0.15, -0.1) is 0 Å². The van der Waals surface area contributed by atoms with Crippen LogP contribution in [0.4, 0.5) is 14.9 Å². The van der Waals surface area contributed by atoms with Gasteiger partial charge in [0, 0.05) is 24.7 Å². The average molecular weight is 461 g/mol. The van der Waals surface area contributed by atoms with Gasteiger partial charge in [-0.25, -0.2) is 9.18 Å². The van der Waals surface area contributed by atoms with Crippen molar-refractivity contribution >= 4 is 17.7 Å². The van der Waals surface area contributed by atoms with Crippen LogP contribution in [0.2, 0.25) is 0 Å². The molecule has 5 nitrogen and oxygen atoms in total. The number of halogens is 1. The van der Waals surface area contributed by atoms with Crippen molar-refractivity contribution in [3.63, 3.8) is 0 Å². The molecule has 4 rings (SSSR count). The number of carbonyl (C=O) groups is 2. The third kappa shape index (κ3) is 5.63. The summed E-state index contributed by atoms with van der Waals surface area (Å²) in [4.78, 5) is 27.7. The Kier molecular flexibility index (Phi) is 6.68. The summed E-state index contributed by atoms with van der Waals surface area (Å²) >= 11 is 0. The van der Waals surface area contributed by atoms with Gasteiger partial charge in [-0.1, -0.05) is 54.6 Å². The van der Waals surface area contributed by atoms with Gasteiger partial charge in [-0.2, -0.15) is 0 Å².